The van der Waals surface area contributed by atoms with Gasteiger partial charge in [0.15, 0.2) is 9.84 Å². The summed E-state index contributed by atoms with van der Waals surface area (Å²) in [5.41, 5.74) is 7.04. The number of halogens is 1. The van der Waals surface area contributed by atoms with E-state index in [4.69, 9.17) is 11.6 Å². The standard InChI is InChI=1S/C39H34ClNO5S/c1-26-32(13-8-14-33(26)39(43)44)27-15-18-31(19-16-27)47(45,46)24-22-34-35-25-30(40)17-20-36(35)41(37(34)21-23-42)38(28-9-4-2-5-10-28)29-11-6-3-7-12-29/h2-20,25,38,42H,21-24H2,1H3,(H,43,44). The van der Waals surface area contributed by atoms with Crippen molar-refractivity contribution in [2.24, 2.45) is 0 Å². The summed E-state index contributed by atoms with van der Waals surface area (Å²) in [6.07, 6.45) is 0.556. The number of aliphatic hydroxyl groups excluding tert-OH is 1. The van der Waals surface area contributed by atoms with Gasteiger partial charge in [0.1, 0.15) is 0 Å². The molecule has 0 spiro atoms. The molecule has 0 fully saturated rings. The Morgan fingerprint density at radius 1 is 0.809 bits per heavy atom. The van der Waals surface area contributed by atoms with Gasteiger partial charge < -0.3 is 14.8 Å². The summed E-state index contributed by atoms with van der Waals surface area (Å²) in [7, 11) is -3.71. The number of rotatable bonds is 11. The van der Waals surface area contributed by atoms with Crippen molar-refractivity contribution in [3.8, 4) is 11.1 Å². The highest BCUT2D eigenvalue weighted by Crippen LogP contribution is 2.38. The molecular weight excluding hydrogens is 630 g/mol. The molecule has 0 atom stereocenters. The number of carboxylic acid groups (broad SMARTS) is 1. The van der Waals surface area contributed by atoms with Crippen LogP contribution in [0.3, 0.4) is 0 Å². The summed E-state index contributed by atoms with van der Waals surface area (Å²) in [5.74, 6) is -1.16. The maximum Gasteiger partial charge on any atom is 0.335 e. The second kappa shape index (κ2) is 13.6. The molecule has 2 N–H and O–H groups in total. The van der Waals surface area contributed by atoms with E-state index in [0.717, 1.165) is 44.4 Å². The lowest BCUT2D eigenvalue weighted by Gasteiger charge is -2.24. The Morgan fingerprint density at radius 2 is 1.45 bits per heavy atom. The van der Waals surface area contributed by atoms with E-state index in [1.165, 1.54) is 0 Å². The fourth-order valence-electron chi connectivity index (χ4n) is 6.49. The third-order valence-electron chi connectivity index (χ3n) is 8.73. The van der Waals surface area contributed by atoms with Crippen molar-refractivity contribution >= 4 is 38.3 Å². The average molecular weight is 664 g/mol. The maximum absolute atomic E-state index is 13.8. The third kappa shape index (κ3) is 6.47. The first-order chi connectivity index (χ1) is 22.7. The van der Waals surface area contributed by atoms with Crippen LogP contribution in [0, 0.1) is 6.92 Å². The lowest BCUT2D eigenvalue weighted by Crippen LogP contribution is -2.17. The lowest BCUT2D eigenvalue weighted by molar-refractivity contribution is 0.0696. The molecule has 0 radical (unpaired) electrons. The van der Waals surface area contributed by atoms with Gasteiger partial charge in [-0.3, -0.25) is 0 Å². The zero-order valence-corrected chi connectivity index (χ0v) is 27.4. The van der Waals surface area contributed by atoms with Crippen LogP contribution >= 0.6 is 11.6 Å². The quantitative estimate of drug-likeness (QED) is 0.146. The van der Waals surface area contributed by atoms with Gasteiger partial charge >= 0.3 is 5.97 Å². The van der Waals surface area contributed by atoms with E-state index >= 15 is 0 Å². The number of hydrogen-bond donors (Lipinski definition) is 2. The molecular formula is C39H34ClNO5S. The first-order valence-electron chi connectivity index (χ1n) is 15.4. The molecule has 6 aromatic rings. The minimum atomic E-state index is -3.71. The van der Waals surface area contributed by atoms with Gasteiger partial charge in [0.25, 0.3) is 0 Å². The summed E-state index contributed by atoms with van der Waals surface area (Å²) < 4.78 is 29.7. The summed E-state index contributed by atoms with van der Waals surface area (Å²) in [5, 5.41) is 21.2. The van der Waals surface area contributed by atoms with Crippen LogP contribution < -0.4 is 0 Å². The van der Waals surface area contributed by atoms with E-state index < -0.39 is 15.8 Å². The minimum Gasteiger partial charge on any atom is -0.478 e. The van der Waals surface area contributed by atoms with Crippen molar-refractivity contribution < 1.29 is 23.4 Å². The molecule has 0 saturated carbocycles. The minimum absolute atomic E-state index is 0.107. The molecule has 1 aromatic heterocycles. The Morgan fingerprint density at radius 3 is 2.04 bits per heavy atom. The lowest BCUT2D eigenvalue weighted by atomic mass is 9.96. The van der Waals surface area contributed by atoms with E-state index in [9.17, 15) is 23.4 Å². The molecule has 238 valence electrons. The van der Waals surface area contributed by atoms with E-state index in [-0.39, 0.29) is 35.3 Å². The van der Waals surface area contributed by atoms with Crippen LogP contribution in [0.1, 0.15) is 44.3 Å². The predicted octanol–water partition coefficient (Wildman–Crippen LogP) is 8.16. The highest BCUT2D eigenvalue weighted by Gasteiger charge is 2.27. The Bertz CT molecular complexity index is 2120. The van der Waals surface area contributed by atoms with Crippen LogP contribution in [0.25, 0.3) is 22.0 Å². The summed E-state index contributed by atoms with van der Waals surface area (Å²) in [6.45, 7) is 1.64. The molecule has 1 heterocycles. The molecule has 47 heavy (non-hydrogen) atoms. The second-order valence-electron chi connectivity index (χ2n) is 11.5. The Balaban J connectivity index is 1.40. The second-order valence-corrected chi connectivity index (χ2v) is 14.1. The fourth-order valence-corrected chi connectivity index (χ4v) is 7.93. The number of aromatic carboxylic acids is 1. The third-order valence-corrected chi connectivity index (χ3v) is 10.7. The Labute approximate surface area is 279 Å². The number of nitrogens with zero attached hydrogens (tertiary/aromatic N) is 1. The number of aliphatic hydroxyl groups is 1. The fraction of sp³-hybridized carbons (Fsp3) is 0.154. The van der Waals surface area contributed by atoms with Crippen molar-refractivity contribution in [1.29, 1.82) is 0 Å². The van der Waals surface area contributed by atoms with Crippen molar-refractivity contribution in [3.63, 3.8) is 0 Å². The number of aromatic nitrogens is 1. The van der Waals surface area contributed by atoms with Gasteiger partial charge in [-0.2, -0.15) is 0 Å². The molecule has 0 bridgehead atoms. The first-order valence-corrected chi connectivity index (χ1v) is 17.4. The van der Waals surface area contributed by atoms with E-state index in [0.29, 0.717) is 17.0 Å². The van der Waals surface area contributed by atoms with Crippen LogP contribution in [0.2, 0.25) is 5.02 Å². The maximum atomic E-state index is 13.8. The number of fused-ring (bicyclic) bond motifs is 1. The molecule has 0 saturated heterocycles. The average Bonchev–Trinajstić information content (AvgIpc) is 3.36. The molecule has 0 unspecified atom stereocenters. The van der Waals surface area contributed by atoms with E-state index in [2.05, 4.69) is 28.8 Å². The zero-order chi connectivity index (χ0) is 33.1. The summed E-state index contributed by atoms with van der Waals surface area (Å²) in [6, 6.07) is 37.4. The van der Waals surface area contributed by atoms with Crippen LogP contribution in [-0.4, -0.2) is 41.5 Å². The molecule has 0 amide bonds. The smallest absolute Gasteiger partial charge is 0.335 e. The molecule has 8 heteroatoms. The highest BCUT2D eigenvalue weighted by atomic mass is 35.5. The van der Waals surface area contributed by atoms with E-state index in [1.54, 1.807) is 43.3 Å². The SMILES string of the molecule is Cc1c(C(=O)O)cccc1-c1ccc(S(=O)(=O)CCc2c(CCO)n(C(c3ccccc3)c3ccccc3)c3ccc(Cl)cc23)cc1. The van der Waals surface area contributed by atoms with Crippen molar-refractivity contribution in [2.45, 2.75) is 30.7 Å². The van der Waals surface area contributed by atoms with Crippen LogP contribution in [0.5, 0.6) is 0 Å². The molecule has 6 nitrogen and oxygen atoms in total. The molecule has 0 aliphatic rings. The number of aryl methyl sites for hydroxylation is 1. The van der Waals surface area contributed by atoms with Crippen LogP contribution in [0.4, 0.5) is 0 Å². The van der Waals surface area contributed by atoms with Crippen molar-refractivity contribution in [1.82, 2.24) is 4.57 Å². The normalized spacial score (nSPS) is 11.7. The Hall–Kier alpha value is -4.69. The monoisotopic (exact) mass is 663 g/mol. The molecule has 0 aliphatic heterocycles. The number of benzene rings is 5. The summed E-state index contributed by atoms with van der Waals surface area (Å²) >= 11 is 6.52. The molecule has 0 aliphatic carbocycles. The Kier molecular flexibility index (Phi) is 9.32. The number of carbonyl (C=O) groups is 1. The van der Waals surface area contributed by atoms with E-state index in [1.807, 2.05) is 60.7 Å². The van der Waals surface area contributed by atoms with Gasteiger partial charge in [0.2, 0.25) is 0 Å². The summed E-state index contributed by atoms with van der Waals surface area (Å²) in [4.78, 5) is 11.8. The van der Waals surface area contributed by atoms with Crippen LogP contribution in [0.15, 0.2) is 126 Å². The first kappa shape index (κ1) is 32.3. The van der Waals surface area contributed by atoms with Gasteiger partial charge in [-0.25, -0.2) is 13.2 Å². The molecule has 5 aromatic carbocycles. The van der Waals surface area contributed by atoms with Gasteiger partial charge in [-0.05, 0) is 83.1 Å². The van der Waals surface area contributed by atoms with Gasteiger partial charge in [0.05, 0.1) is 22.3 Å². The van der Waals surface area contributed by atoms with Gasteiger partial charge in [0, 0.05) is 34.6 Å². The number of carboxylic acids is 1. The van der Waals surface area contributed by atoms with Gasteiger partial charge in [-0.15, -0.1) is 0 Å². The zero-order valence-electron chi connectivity index (χ0n) is 25.8. The number of sulfone groups is 1. The highest BCUT2D eigenvalue weighted by molar-refractivity contribution is 7.91. The van der Waals surface area contributed by atoms with Gasteiger partial charge in [-0.1, -0.05) is 96.5 Å². The van der Waals surface area contributed by atoms with Crippen LogP contribution in [-0.2, 0) is 22.7 Å². The number of hydrogen-bond acceptors (Lipinski definition) is 4. The molecule has 6 rings (SSSR count). The predicted molar refractivity (Wildman–Crippen MR) is 187 cm³/mol. The van der Waals surface area contributed by atoms with Crippen molar-refractivity contribution in [2.75, 3.05) is 12.4 Å². The topological polar surface area (TPSA) is 96.6 Å². The largest absolute Gasteiger partial charge is 0.478 e. The van der Waals surface area contributed by atoms with Crippen molar-refractivity contribution in [3.05, 3.63) is 160 Å².